The Hall–Kier alpha value is -4.82. The number of amides is 1. The highest BCUT2D eigenvalue weighted by molar-refractivity contribution is 5.85. The zero-order chi connectivity index (χ0) is 38.3. The molecule has 3 atom stereocenters. The van der Waals surface area contributed by atoms with Crippen LogP contribution in [0.25, 0.3) is 10.8 Å². The molecule has 0 aromatic heterocycles. The van der Waals surface area contributed by atoms with Crippen LogP contribution in [0.15, 0.2) is 127 Å². The molecule has 284 valence electrons. The fourth-order valence-electron chi connectivity index (χ4n) is 7.29. The first kappa shape index (κ1) is 40.4. The van der Waals surface area contributed by atoms with Crippen LogP contribution in [0.5, 0.6) is 0 Å². The summed E-state index contributed by atoms with van der Waals surface area (Å²) < 4.78 is 5.13. The maximum Gasteiger partial charge on any atom is 0.327 e. The van der Waals surface area contributed by atoms with Gasteiger partial charge in [-0.2, -0.15) is 0 Å². The summed E-state index contributed by atoms with van der Waals surface area (Å²) in [5.41, 5.74) is 6.29. The molecule has 3 unspecified atom stereocenters. The van der Waals surface area contributed by atoms with Crippen LogP contribution in [0.3, 0.4) is 0 Å². The topological polar surface area (TPSA) is 65.1 Å². The zero-order valence-corrected chi connectivity index (χ0v) is 32.8. The second-order valence-electron chi connectivity index (χ2n) is 14.3. The average molecular weight is 727 g/mol. The fraction of sp³-hybridized carbons (Fsp3) is 0.362. The number of nitrogens with zero attached hydrogens (tertiary/aromatic N) is 3. The van der Waals surface area contributed by atoms with Crippen molar-refractivity contribution in [3.8, 4) is 0 Å². The van der Waals surface area contributed by atoms with Crippen molar-refractivity contribution in [2.45, 2.75) is 64.2 Å². The van der Waals surface area contributed by atoms with E-state index < -0.39 is 0 Å². The minimum Gasteiger partial charge on any atom is -0.465 e. The van der Waals surface area contributed by atoms with E-state index in [1.54, 1.807) is 0 Å². The Morgan fingerprint density at radius 3 is 2.11 bits per heavy atom. The average Bonchev–Trinajstić information content (AvgIpc) is 3.76. The SMILES string of the molecule is CC(c1ccccc1)N(C)Cc1ccccc1.CCOC(=O)C1c2ccccc2CCN1C.CNC(Cc1ccc2ccccc2c1)C(=O)N1CCCC1. The Bertz CT molecular complexity index is 1890. The summed E-state index contributed by atoms with van der Waals surface area (Å²) in [6, 6.07) is 44.2. The van der Waals surface area contributed by atoms with E-state index in [0.29, 0.717) is 12.6 Å². The summed E-state index contributed by atoms with van der Waals surface area (Å²) in [4.78, 5) is 30.8. The third-order valence-corrected chi connectivity index (χ3v) is 10.6. The quantitative estimate of drug-likeness (QED) is 0.146. The van der Waals surface area contributed by atoms with Gasteiger partial charge in [-0.3, -0.25) is 14.6 Å². The number of ether oxygens (including phenoxy) is 1. The summed E-state index contributed by atoms with van der Waals surface area (Å²) >= 11 is 0. The largest absolute Gasteiger partial charge is 0.465 e. The number of likely N-dealkylation sites (N-methyl/N-ethyl adjacent to an activating group) is 2. The molecule has 7 rings (SSSR count). The third kappa shape index (κ3) is 11.1. The minimum atomic E-state index is -0.232. The molecule has 0 bridgehead atoms. The van der Waals surface area contributed by atoms with Crippen molar-refractivity contribution in [3.63, 3.8) is 0 Å². The molecule has 7 heteroatoms. The van der Waals surface area contributed by atoms with Crippen LogP contribution in [0.4, 0.5) is 0 Å². The molecule has 0 radical (unpaired) electrons. The van der Waals surface area contributed by atoms with Crippen LogP contribution >= 0.6 is 0 Å². The summed E-state index contributed by atoms with van der Waals surface area (Å²) in [5.74, 6) is 0.0975. The van der Waals surface area contributed by atoms with E-state index in [4.69, 9.17) is 4.74 Å². The number of carbonyl (C=O) groups is 2. The van der Waals surface area contributed by atoms with Gasteiger partial charge in [0.2, 0.25) is 5.91 Å². The molecule has 2 heterocycles. The van der Waals surface area contributed by atoms with Crippen molar-refractivity contribution in [3.05, 3.63) is 155 Å². The molecular weight excluding hydrogens is 669 g/mol. The van der Waals surface area contributed by atoms with Crippen LogP contribution in [0, 0.1) is 0 Å². The van der Waals surface area contributed by atoms with Gasteiger partial charge in [0, 0.05) is 32.2 Å². The first-order valence-corrected chi connectivity index (χ1v) is 19.5. The molecule has 1 fully saturated rings. The van der Waals surface area contributed by atoms with Crippen LogP contribution in [0.1, 0.15) is 66.6 Å². The van der Waals surface area contributed by atoms with E-state index in [0.717, 1.165) is 57.4 Å². The van der Waals surface area contributed by atoms with Crippen LogP contribution in [0.2, 0.25) is 0 Å². The molecule has 0 saturated carbocycles. The van der Waals surface area contributed by atoms with Crippen molar-refractivity contribution in [2.75, 3.05) is 47.4 Å². The Labute approximate surface area is 322 Å². The van der Waals surface area contributed by atoms with Gasteiger partial charge in [-0.25, -0.2) is 4.79 Å². The molecule has 1 N–H and O–H groups in total. The molecule has 1 saturated heterocycles. The normalized spacial score (nSPS) is 16.3. The van der Waals surface area contributed by atoms with E-state index in [9.17, 15) is 9.59 Å². The van der Waals surface area contributed by atoms with Crippen LogP contribution in [-0.2, 0) is 33.7 Å². The number of carbonyl (C=O) groups excluding carboxylic acids is 2. The molecule has 0 spiro atoms. The maximum absolute atomic E-state index is 12.5. The monoisotopic (exact) mass is 726 g/mol. The Morgan fingerprint density at radius 1 is 0.796 bits per heavy atom. The lowest BCUT2D eigenvalue weighted by Gasteiger charge is -2.32. The van der Waals surface area contributed by atoms with Crippen LogP contribution < -0.4 is 5.32 Å². The van der Waals surface area contributed by atoms with Gasteiger partial charge in [0.05, 0.1) is 12.6 Å². The van der Waals surface area contributed by atoms with E-state index in [-0.39, 0.29) is 24.0 Å². The Morgan fingerprint density at radius 2 is 1.43 bits per heavy atom. The smallest absolute Gasteiger partial charge is 0.327 e. The minimum absolute atomic E-state index is 0.121. The third-order valence-electron chi connectivity index (χ3n) is 10.6. The van der Waals surface area contributed by atoms with Crippen molar-refractivity contribution in [2.24, 2.45) is 0 Å². The Balaban J connectivity index is 0.000000158. The van der Waals surface area contributed by atoms with E-state index in [1.807, 2.05) is 44.1 Å². The predicted octanol–water partition coefficient (Wildman–Crippen LogP) is 8.25. The number of fused-ring (bicyclic) bond motifs is 2. The highest BCUT2D eigenvalue weighted by Crippen LogP contribution is 2.29. The number of rotatable bonds is 10. The van der Waals surface area contributed by atoms with E-state index in [2.05, 4.69) is 138 Å². The summed E-state index contributed by atoms with van der Waals surface area (Å²) in [6.45, 7) is 8.23. The first-order valence-electron chi connectivity index (χ1n) is 19.5. The molecule has 0 aliphatic carbocycles. The molecule has 5 aromatic rings. The van der Waals surface area contributed by atoms with Crippen molar-refractivity contribution in [1.82, 2.24) is 20.0 Å². The first-order chi connectivity index (χ1) is 26.3. The van der Waals surface area contributed by atoms with Gasteiger partial charge in [0.15, 0.2) is 0 Å². The molecule has 2 aliphatic heterocycles. The van der Waals surface area contributed by atoms with Gasteiger partial charge < -0.3 is 15.0 Å². The number of hydrogen-bond acceptors (Lipinski definition) is 6. The van der Waals surface area contributed by atoms with Gasteiger partial charge in [0.25, 0.3) is 0 Å². The maximum atomic E-state index is 12.5. The predicted molar refractivity (Wildman–Crippen MR) is 221 cm³/mol. The zero-order valence-electron chi connectivity index (χ0n) is 32.8. The van der Waals surface area contributed by atoms with Crippen LogP contribution in [-0.4, -0.2) is 80.0 Å². The van der Waals surface area contributed by atoms with E-state index in [1.165, 1.54) is 33.0 Å². The number of hydrogen-bond donors (Lipinski definition) is 1. The lowest BCUT2D eigenvalue weighted by Crippen LogP contribution is -2.45. The molecule has 1 amide bonds. The molecule has 54 heavy (non-hydrogen) atoms. The number of esters is 1. The number of nitrogens with one attached hydrogen (secondary N) is 1. The summed E-state index contributed by atoms with van der Waals surface area (Å²) in [7, 11) is 6.02. The fourth-order valence-corrected chi connectivity index (χ4v) is 7.29. The Kier molecular flexibility index (Phi) is 15.4. The highest BCUT2D eigenvalue weighted by atomic mass is 16.5. The van der Waals surface area contributed by atoms with Gasteiger partial charge in [-0.15, -0.1) is 0 Å². The highest BCUT2D eigenvalue weighted by Gasteiger charge is 2.31. The second-order valence-corrected chi connectivity index (χ2v) is 14.3. The van der Waals surface area contributed by atoms with Gasteiger partial charge in [0.1, 0.15) is 6.04 Å². The lowest BCUT2D eigenvalue weighted by atomic mass is 9.93. The lowest BCUT2D eigenvalue weighted by molar-refractivity contribution is -0.149. The molecule has 5 aromatic carbocycles. The number of benzene rings is 5. The van der Waals surface area contributed by atoms with E-state index >= 15 is 0 Å². The summed E-state index contributed by atoms with van der Waals surface area (Å²) in [5, 5.41) is 5.66. The van der Waals surface area contributed by atoms with Gasteiger partial charge >= 0.3 is 5.97 Å². The molecule has 7 nitrogen and oxygen atoms in total. The van der Waals surface area contributed by atoms with Gasteiger partial charge in [-0.05, 0) is 99.3 Å². The van der Waals surface area contributed by atoms with Crippen molar-refractivity contribution in [1.29, 1.82) is 0 Å². The standard InChI is InChI=1S/C18H22N2O.C16H19N.C13H17NO2/c1-19-17(18(21)20-10-4-5-11-20)13-14-8-9-15-6-2-3-7-16(15)12-14;1-14(16-11-7-4-8-12-16)17(2)13-15-9-5-3-6-10-15;1-3-16-13(15)12-11-7-5-4-6-10(11)8-9-14(12)2/h2-3,6-9,12,17,19H,4-5,10-11,13H2,1H3;3-12,14H,13H2,1-2H3;4-7,12H,3,8-9H2,1-2H3. The van der Waals surface area contributed by atoms with Gasteiger partial charge in [-0.1, -0.05) is 127 Å². The van der Waals surface area contributed by atoms with Crippen molar-refractivity contribution >= 4 is 22.6 Å². The van der Waals surface area contributed by atoms with Crippen molar-refractivity contribution < 1.29 is 14.3 Å². The summed E-state index contributed by atoms with van der Waals surface area (Å²) in [6.07, 6.45) is 4.02. The molecular formula is C47H58N4O3. The molecule has 2 aliphatic rings. The number of likely N-dealkylation sites (tertiary alicyclic amines) is 1. The second kappa shape index (κ2) is 20.6.